The molecule has 0 unspecified atom stereocenters. The Morgan fingerprint density at radius 2 is 1.60 bits per heavy atom. The summed E-state index contributed by atoms with van der Waals surface area (Å²) in [6.45, 7) is 8.02. The Kier molecular flexibility index (Phi) is 10.1. The minimum atomic E-state index is -3.66. The van der Waals surface area contributed by atoms with Gasteiger partial charge < -0.3 is 20.1 Å². The number of pyridine rings is 2. The molecule has 0 aliphatic rings. The Bertz CT molecular complexity index is 1790. The Morgan fingerprint density at radius 3 is 2.22 bits per heavy atom. The number of benzene rings is 2. The van der Waals surface area contributed by atoms with Crippen LogP contribution in [0.5, 0.6) is 11.5 Å². The molecule has 0 fully saturated rings. The molecule has 2 heterocycles. The lowest BCUT2D eigenvalue weighted by Crippen LogP contribution is -2.20. The maximum absolute atomic E-state index is 13.5. The van der Waals surface area contributed by atoms with Gasteiger partial charge in [0.25, 0.3) is 11.8 Å². The van der Waals surface area contributed by atoms with Gasteiger partial charge in [-0.05, 0) is 72.0 Å². The molecule has 236 valence electrons. The number of carbonyl (C=O) groups is 2. The van der Waals surface area contributed by atoms with Gasteiger partial charge in [0.05, 0.1) is 54.4 Å². The maximum Gasteiger partial charge on any atom is 0.259 e. The summed E-state index contributed by atoms with van der Waals surface area (Å²) >= 11 is 0. The van der Waals surface area contributed by atoms with E-state index >= 15 is 0 Å². The van der Waals surface area contributed by atoms with Crippen LogP contribution >= 0.6 is 0 Å². The summed E-state index contributed by atoms with van der Waals surface area (Å²) in [7, 11) is -2.31. The molecule has 0 saturated carbocycles. The van der Waals surface area contributed by atoms with E-state index in [-0.39, 0.29) is 28.3 Å². The van der Waals surface area contributed by atoms with Crippen molar-refractivity contribution in [1.29, 1.82) is 0 Å². The van der Waals surface area contributed by atoms with E-state index in [9.17, 15) is 18.0 Å². The van der Waals surface area contributed by atoms with Crippen molar-refractivity contribution >= 4 is 38.9 Å². The lowest BCUT2D eigenvalue weighted by Gasteiger charge is -2.23. The molecule has 12 heteroatoms. The van der Waals surface area contributed by atoms with Gasteiger partial charge in [-0.25, -0.2) is 8.42 Å². The van der Waals surface area contributed by atoms with Gasteiger partial charge in [-0.2, -0.15) is 0 Å². The lowest BCUT2D eigenvalue weighted by molar-refractivity contribution is 0.101. The summed E-state index contributed by atoms with van der Waals surface area (Å²) in [5, 5.41) is 5.62. The van der Waals surface area contributed by atoms with E-state index in [0.29, 0.717) is 29.3 Å². The van der Waals surface area contributed by atoms with E-state index in [1.54, 1.807) is 55.7 Å². The van der Waals surface area contributed by atoms with Crippen LogP contribution in [-0.2, 0) is 21.9 Å². The average molecular weight is 632 g/mol. The largest absolute Gasteiger partial charge is 0.494 e. The van der Waals surface area contributed by atoms with Crippen molar-refractivity contribution in [3.63, 3.8) is 0 Å². The Labute approximate surface area is 263 Å². The van der Waals surface area contributed by atoms with Crippen molar-refractivity contribution in [2.45, 2.75) is 39.5 Å². The molecule has 2 aromatic carbocycles. The summed E-state index contributed by atoms with van der Waals surface area (Å²) in [5.41, 5.74) is 3.21. The number of hydrogen-bond acceptors (Lipinski definition) is 8. The van der Waals surface area contributed by atoms with Crippen LogP contribution in [0.4, 0.5) is 17.1 Å². The molecular weight excluding hydrogens is 594 g/mol. The highest BCUT2D eigenvalue weighted by Gasteiger charge is 2.25. The molecule has 2 amide bonds. The fourth-order valence-corrected chi connectivity index (χ4v) is 4.97. The number of anilines is 3. The number of carbonyl (C=O) groups excluding carboxylic acids is 2. The van der Waals surface area contributed by atoms with Gasteiger partial charge in [0.15, 0.2) is 5.75 Å². The normalized spacial score (nSPS) is 11.4. The number of amides is 2. The van der Waals surface area contributed by atoms with Crippen LogP contribution in [0.3, 0.4) is 0 Å². The van der Waals surface area contributed by atoms with Gasteiger partial charge in [0.2, 0.25) is 10.0 Å². The molecule has 4 aromatic rings. The van der Waals surface area contributed by atoms with Gasteiger partial charge in [0, 0.05) is 24.5 Å². The number of nitrogens with zero attached hydrogens (tertiary/aromatic N) is 2. The molecular formula is C33H37N5O6S. The molecule has 3 N–H and O–H groups in total. The number of aryl methyl sites for hydroxylation is 1. The smallest absolute Gasteiger partial charge is 0.259 e. The lowest BCUT2D eigenvalue weighted by atomic mass is 9.85. The number of methoxy groups -OCH3 is 1. The molecule has 11 nitrogen and oxygen atoms in total. The second-order valence-corrected chi connectivity index (χ2v) is 13.2. The third-order valence-corrected chi connectivity index (χ3v) is 7.37. The molecule has 4 rings (SSSR count). The van der Waals surface area contributed by atoms with Crippen LogP contribution in [-0.4, -0.2) is 50.2 Å². The Hall–Kier alpha value is -4.97. The van der Waals surface area contributed by atoms with Gasteiger partial charge >= 0.3 is 0 Å². The fourth-order valence-electron chi connectivity index (χ4n) is 4.42. The highest BCUT2D eigenvalue weighted by Crippen LogP contribution is 2.36. The van der Waals surface area contributed by atoms with E-state index in [4.69, 9.17) is 9.47 Å². The second kappa shape index (κ2) is 13.8. The molecule has 0 bridgehead atoms. The summed E-state index contributed by atoms with van der Waals surface area (Å²) in [4.78, 5) is 35.1. The van der Waals surface area contributed by atoms with Crippen LogP contribution in [0, 0.1) is 6.92 Å². The van der Waals surface area contributed by atoms with Gasteiger partial charge in [-0.15, -0.1) is 0 Å². The summed E-state index contributed by atoms with van der Waals surface area (Å²) in [5.74, 6) is -0.243. The van der Waals surface area contributed by atoms with Crippen LogP contribution in [0.1, 0.15) is 58.3 Å². The summed E-state index contributed by atoms with van der Waals surface area (Å²) in [6, 6.07) is 15.7. The van der Waals surface area contributed by atoms with Crippen molar-refractivity contribution in [1.82, 2.24) is 9.97 Å². The van der Waals surface area contributed by atoms with Gasteiger partial charge in [-0.1, -0.05) is 26.8 Å². The van der Waals surface area contributed by atoms with Crippen molar-refractivity contribution in [2.75, 3.05) is 35.3 Å². The zero-order chi connectivity index (χ0) is 32.8. The first-order chi connectivity index (χ1) is 21.2. The van der Waals surface area contributed by atoms with Crippen molar-refractivity contribution in [2.24, 2.45) is 0 Å². The highest BCUT2D eigenvalue weighted by molar-refractivity contribution is 7.92. The first kappa shape index (κ1) is 32.9. The Balaban J connectivity index is 1.49. The standard InChI is InChI=1S/C33H37N5O6S/c1-21-27(31(39)36-24-9-11-26(12-10-24)44-15-13-22-8-7-14-34-19-22)18-25(20-35-21)37-32(40)28-16-23(33(2,3)4)17-29(30(28)43-5)38-45(6,41)42/h7-12,14,16-20,38H,13,15H2,1-6H3,(H,36,39)(H,37,40). The van der Waals surface area contributed by atoms with Gasteiger partial charge in [0.1, 0.15) is 5.75 Å². The third kappa shape index (κ3) is 9.02. The average Bonchev–Trinajstić information content (AvgIpc) is 2.97. The van der Waals surface area contributed by atoms with E-state index in [1.807, 2.05) is 32.9 Å². The number of nitrogens with one attached hydrogen (secondary N) is 3. The van der Waals surface area contributed by atoms with Crippen LogP contribution in [0.2, 0.25) is 0 Å². The SMILES string of the molecule is COc1c(NS(C)(=O)=O)cc(C(C)(C)C)cc1C(=O)Nc1cnc(C)c(C(=O)Nc2ccc(OCCc3cccnc3)cc2)c1. The zero-order valence-electron chi connectivity index (χ0n) is 26.1. The number of hydrogen-bond donors (Lipinski definition) is 3. The minimum absolute atomic E-state index is 0.0634. The molecule has 0 radical (unpaired) electrons. The fraction of sp³-hybridized carbons (Fsp3) is 0.273. The minimum Gasteiger partial charge on any atom is -0.494 e. The van der Waals surface area contributed by atoms with Crippen molar-refractivity contribution in [3.8, 4) is 11.5 Å². The molecule has 0 saturated heterocycles. The van der Waals surface area contributed by atoms with Gasteiger partial charge in [-0.3, -0.25) is 24.3 Å². The summed E-state index contributed by atoms with van der Waals surface area (Å²) < 4.78 is 37.8. The topological polar surface area (TPSA) is 149 Å². The molecule has 0 aliphatic carbocycles. The summed E-state index contributed by atoms with van der Waals surface area (Å²) in [6.07, 6.45) is 6.71. The third-order valence-electron chi connectivity index (χ3n) is 6.78. The second-order valence-electron chi connectivity index (χ2n) is 11.5. The van der Waals surface area contributed by atoms with Crippen molar-refractivity contribution < 1.29 is 27.5 Å². The van der Waals surface area contributed by atoms with Crippen LogP contribution < -0.4 is 24.8 Å². The number of rotatable bonds is 11. The van der Waals surface area contributed by atoms with Crippen molar-refractivity contribution in [3.05, 3.63) is 101 Å². The first-order valence-corrected chi connectivity index (χ1v) is 16.0. The maximum atomic E-state index is 13.5. The first-order valence-electron chi connectivity index (χ1n) is 14.1. The molecule has 2 aromatic heterocycles. The number of sulfonamides is 1. The molecule has 45 heavy (non-hydrogen) atoms. The van der Waals surface area contributed by atoms with E-state index in [2.05, 4.69) is 25.3 Å². The van der Waals surface area contributed by atoms with E-state index in [0.717, 1.165) is 18.2 Å². The Morgan fingerprint density at radius 1 is 0.911 bits per heavy atom. The van der Waals surface area contributed by atoms with E-state index < -0.39 is 27.3 Å². The molecule has 0 atom stereocenters. The predicted octanol–water partition coefficient (Wildman–Crippen LogP) is 5.59. The molecule has 0 spiro atoms. The number of ether oxygens (including phenoxy) is 2. The van der Waals surface area contributed by atoms with Crippen LogP contribution in [0.25, 0.3) is 0 Å². The quantitative estimate of drug-likeness (QED) is 0.194. The predicted molar refractivity (Wildman–Crippen MR) is 175 cm³/mol. The zero-order valence-corrected chi connectivity index (χ0v) is 26.9. The van der Waals surface area contributed by atoms with E-state index in [1.165, 1.54) is 19.4 Å². The number of aromatic nitrogens is 2. The van der Waals surface area contributed by atoms with Crippen LogP contribution in [0.15, 0.2) is 73.2 Å². The monoisotopic (exact) mass is 631 g/mol. The molecule has 0 aliphatic heterocycles. The highest BCUT2D eigenvalue weighted by atomic mass is 32.2.